The van der Waals surface area contributed by atoms with E-state index in [1.165, 1.54) is 0 Å². The summed E-state index contributed by atoms with van der Waals surface area (Å²) >= 11 is 0. The van der Waals surface area contributed by atoms with Crippen LogP contribution in [0.1, 0.15) is 17.5 Å². The van der Waals surface area contributed by atoms with Gasteiger partial charge in [-0.15, -0.1) is 0 Å². The molecular weight excluding hydrogens is 324 g/mol. The highest BCUT2D eigenvalue weighted by molar-refractivity contribution is 7.86. The Labute approximate surface area is 142 Å². The van der Waals surface area contributed by atoms with E-state index in [9.17, 15) is 13.8 Å². The molecule has 0 fully saturated rings. The zero-order valence-electron chi connectivity index (χ0n) is 13.5. The molecule has 3 rings (SSSR count). The van der Waals surface area contributed by atoms with E-state index in [4.69, 9.17) is 0 Å². The van der Waals surface area contributed by atoms with Crippen LogP contribution in [0.2, 0.25) is 0 Å². The molecule has 1 aliphatic heterocycles. The number of benzene rings is 2. The average molecular weight is 342 g/mol. The van der Waals surface area contributed by atoms with E-state index in [0.29, 0.717) is 16.3 Å². The minimum absolute atomic E-state index is 0.125. The van der Waals surface area contributed by atoms with Crippen LogP contribution in [0.4, 0.5) is 11.4 Å². The van der Waals surface area contributed by atoms with Crippen LogP contribution in [0.3, 0.4) is 0 Å². The molecule has 2 atom stereocenters. The predicted octanol–water partition coefficient (Wildman–Crippen LogP) is 2.76. The summed E-state index contributed by atoms with van der Waals surface area (Å²) in [6.45, 7) is 3.96. The van der Waals surface area contributed by atoms with Gasteiger partial charge in [0.2, 0.25) is 11.8 Å². The smallest absolute Gasteiger partial charge is 0.241 e. The fraction of sp³-hybridized carbons (Fsp3) is 0.222. The van der Waals surface area contributed by atoms with E-state index in [2.05, 4.69) is 10.6 Å². The van der Waals surface area contributed by atoms with Gasteiger partial charge in [0.1, 0.15) is 5.25 Å². The van der Waals surface area contributed by atoms with Crippen molar-refractivity contribution in [2.45, 2.75) is 30.4 Å². The first-order valence-electron chi connectivity index (χ1n) is 7.63. The van der Waals surface area contributed by atoms with Crippen molar-refractivity contribution in [3.8, 4) is 0 Å². The maximum atomic E-state index is 12.6. The van der Waals surface area contributed by atoms with Crippen LogP contribution in [0.15, 0.2) is 47.4 Å². The lowest BCUT2D eigenvalue weighted by Gasteiger charge is -2.23. The van der Waals surface area contributed by atoms with Crippen LogP contribution in [0.5, 0.6) is 0 Å². The molecule has 0 radical (unpaired) electrons. The van der Waals surface area contributed by atoms with Gasteiger partial charge in [0.25, 0.3) is 0 Å². The number of hydrogen-bond acceptors (Lipinski definition) is 3. The van der Waals surface area contributed by atoms with Gasteiger partial charge in [-0.1, -0.05) is 18.2 Å². The molecule has 0 saturated carbocycles. The Hall–Kier alpha value is -2.47. The molecule has 6 heteroatoms. The lowest BCUT2D eigenvalue weighted by atomic mass is 10.1. The van der Waals surface area contributed by atoms with E-state index >= 15 is 0 Å². The second-order valence-corrected chi connectivity index (χ2v) is 7.43. The molecule has 1 heterocycles. The third kappa shape index (κ3) is 3.23. The Kier molecular flexibility index (Phi) is 4.49. The van der Waals surface area contributed by atoms with Crippen molar-refractivity contribution in [1.29, 1.82) is 0 Å². The van der Waals surface area contributed by atoms with Gasteiger partial charge in [-0.3, -0.25) is 13.8 Å². The predicted molar refractivity (Wildman–Crippen MR) is 94.4 cm³/mol. The zero-order chi connectivity index (χ0) is 17.3. The van der Waals surface area contributed by atoms with Gasteiger partial charge >= 0.3 is 0 Å². The third-order valence-corrected chi connectivity index (χ3v) is 5.76. The number of para-hydroxylation sites is 1. The maximum absolute atomic E-state index is 12.6. The second-order valence-electron chi connectivity index (χ2n) is 5.82. The van der Waals surface area contributed by atoms with Gasteiger partial charge in [0.05, 0.1) is 27.8 Å². The third-order valence-electron chi connectivity index (χ3n) is 4.07. The number of aryl methyl sites for hydroxylation is 2. The number of rotatable bonds is 3. The minimum atomic E-state index is -1.54. The second kappa shape index (κ2) is 6.57. The summed E-state index contributed by atoms with van der Waals surface area (Å²) in [5.41, 5.74) is 3.43. The summed E-state index contributed by atoms with van der Waals surface area (Å²) in [6.07, 6.45) is -0.125. The fourth-order valence-corrected chi connectivity index (χ4v) is 3.99. The first kappa shape index (κ1) is 16.4. The summed E-state index contributed by atoms with van der Waals surface area (Å²) in [7, 11) is -1.54. The normalized spacial score (nSPS) is 19.3. The highest BCUT2D eigenvalue weighted by Gasteiger charge is 2.34. The summed E-state index contributed by atoms with van der Waals surface area (Å²) in [5, 5.41) is 4.60. The van der Waals surface area contributed by atoms with Gasteiger partial charge in [-0.2, -0.15) is 0 Å². The molecule has 124 valence electrons. The number of nitrogens with one attached hydrogen (secondary N) is 2. The number of carbonyl (C=O) groups is 2. The van der Waals surface area contributed by atoms with Gasteiger partial charge in [0, 0.05) is 5.69 Å². The molecule has 2 amide bonds. The fourth-order valence-electron chi connectivity index (χ4n) is 2.58. The van der Waals surface area contributed by atoms with Crippen LogP contribution < -0.4 is 10.6 Å². The summed E-state index contributed by atoms with van der Waals surface area (Å²) in [5.74, 6) is -0.714. The SMILES string of the molecule is Cc1ccc(NC(=O)C[C@H]2C(=O)Nc3ccccc3[S@]2=O)cc1C. The Balaban J connectivity index is 1.73. The highest BCUT2D eigenvalue weighted by atomic mass is 32.2. The van der Waals surface area contributed by atoms with Crippen LogP contribution >= 0.6 is 0 Å². The van der Waals surface area contributed by atoms with Gasteiger partial charge in [-0.05, 0) is 49.2 Å². The first-order valence-corrected chi connectivity index (χ1v) is 8.84. The van der Waals surface area contributed by atoms with E-state index in [-0.39, 0.29) is 18.2 Å². The first-order chi connectivity index (χ1) is 11.5. The number of carbonyl (C=O) groups excluding carboxylic acids is 2. The Bertz CT molecular complexity index is 848. The van der Waals surface area contributed by atoms with Crippen molar-refractivity contribution in [2.24, 2.45) is 0 Å². The van der Waals surface area contributed by atoms with E-state index in [0.717, 1.165) is 11.1 Å². The molecule has 0 aliphatic carbocycles. The average Bonchev–Trinajstić information content (AvgIpc) is 2.55. The number of anilines is 2. The number of amides is 2. The number of fused-ring (bicyclic) bond motifs is 1. The van der Waals surface area contributed by atoms with Crippen LogP contribution in [-0.4, -0.2) is 21.3 Å². The lowest BCUT2D eigenvalue weighted by molar-refractivity contribution is -0.120. The summed E-state index contributed by atoms with van der Waals surface area (Å²) in [4.78, 5) is 25.0. The van der Waals surface area contributed by atoms with Crippen molar-refractivity contribution in [3.63, 3.8) is 0 Å². The maximum Gasteiger partial charge on any atom is 0.241 e. The van der Waals surface area contributed by atoms with E-state index in [1.807, 2.05) is 32.0 Å². The Morgan fingerprint density at radius 2 is 1.92 bits per heavy atom. The molecule has 0 unspecified atom stereocenters. The van der Waals surface area contributed by atoms with Crippen LogP contribution in [0, 0.1) is 13.8 Å². The van der Waals surface area contributed by atoms with Crippen LogP contribution in [0.25, 0.3) is 0 Å². The molecule has 2 aromatic rings. The molecule has 5 nitrogen and oxygen atoms in total. The van der Waals surface area contributed by atoms with Crippen molar-refractivity contribution in [1.82, 2.24) is 0 Å². The molecule has 0 aromatic heterocycles. The molecule has 1 aliphatic rings. The van der Waals surface area contributed by atoms with Crippen molar-refractivity contribution < 1.29 is 13.8 Å². The highest BCUT2D eigenvalue weighted by Crippen LogP contribution is 2.28. The molecule has 0 bridgehead atoms. The van der Waals surface area contributed by atoms with E-state index < -0.39 is 16.0 Å². The molecule has 2 aromatic carbocycles. The minimum Gasteiger partial charge on any atom is -0.326 e. The molecule has 0 saturated heterocycles. The molecule has 24 heavy (non-hydrogen) atoms. The van der Waals surface area contributed by atoms with Gasteiger partial charge < -0.3 is 10.6 Å². The zero-order valence-corrected chi connectivity index (χ0v) is 14.3. The largest absolute Gasteiger partial charge is 0.326 e. The topological polar surface area (TPSA) is 75.3 Å². The molecule has 2 N–H and O–H groups in total. The quantitative estimate of drug-likeness (QED) is 0.900. The Morgan fingerprint density at radius 3 is 2.67 bits per heavy atom. The van der Waals surface area contributed by atoms with Gasteiger partial charge in [0.15, 0.2) is 0 Å². The Morgan fingerprint density at radius 1 is 1.17 bits per heavy atom. The van der Waals surface area contributed by atoms with Gasteiger partial charge in [-0.25, -0.2) is 0 Å². The lowest BCUT2D eigenvalue weighted by Crippen LogP contribution is -2.39. The molecule has 0 spiro atoms. The van der Waals surface area contributed by atoms with Crippen molar-refractivity contribution in [3.05, 3.63) is 53.6 Å². The summed E-state index contributed by atoms with van der Waals surface area (Å²) in [6, 6.07) is 12.6. The van der Waals surface area contributed by atoms with Crippen molar-refractivity contribution >= 4 is 34.0 Å². The molecular formula is C18H18N2O3S. The van der Waals surface area contributed by atoms with E-state index in [1.54, 1.807) is 24.3 Å². The summed E-state index contributed by atoms with van der Waals surface area (Å²) < 4.78 is 12.6. The standard InChI is InChI=1S/C18H18N2O3S/c1-11-7-8-13(9-12(11)2)19-17(21)10-16-18(22)20-14-5-3-4-6-15(14)24(16)23/h3-9,16H,10H2,1-2H3,(H,19,21)(H,20,22)/t16-,24+/m0/s1. The number of hydrogen-bond donors (Lipinski definition) is 2. The van der Waals surface area contributed by atoms with Crippen LogP contribution in [-0.2, 0) is 20.4 Å². The monoisotopic (exact) mass is 342 g/mol. The van der Waals surface area contributed by atoms with Crippen molar-refractivity contribution in [2.75, 3.05) is 10.6 Å².